The Morgan fingerprint density at radius 1 is 1.59 bits per heavy atom. The SMILES string of the molecule is CC1(C(O)Cc2ccc(F)cc2Br)CCCO1. The van der Waals surface area contributed by atoms with Gasteiger partial charge in [-0.3, -0.25) is 0 Å². The number of halogens is 2. The highest BCUT2D eigenvalue weighted by Gasteiger charge is 2.37. The smallest absolute Gasteiger partial charge is 0.124 e. The normalized spacial score (nSPS) is 26.1. The van der Waals surface area contributed by atoms with Crippen molar-refractivity contribution in [1.82, 2.24) is 0 Å². The molecule has 0 spiro atoms. The van der Waals surface area contributed by atoms with Crippen LogP contribution in [0.4, 0.5) is 4.39 Å². The Hall–Kier alpha value is -0.450. The minimum absolute atomic E-state index is 0.279. The Kier molecular flexibility index (Phi) is 3.85. The topological polar surface area (TPSA) is 29.5 Å². The van der Waals surface area contributed by atoms with Gasteiger partial charge in [0.05, 0.1) is 11.7 Å². The first-order valence-corrected chi connectivity index (χ1v) is 6.56. The number of aliphatic hydroxyl groups is 1. The van der Waals surface area contributed by atoms with E-state index in [1.54, 1.807) is 6.07 Å². The molecule has 2 nitrogen and oxygen atoms in total. The van der Waals surface area contributed by atoms with Gasteiger partial charge in [0.2, 0.25) is 0 Å². The van der Waals surface area contributed by atoms with Gasteiger partial charge in [0.1, 0.15) is 5.82 Å². The van der Waals surface area contributed by atoms with E-state index in [1.807, 2.05) is 6.92 Å². The number of hydrogen-bond donors (Lipinski definition) is 1. The summed E-state index contributed by atoms with van der Waals surface area (Å²) in [5, 5.41) is 10.2. The average Bonchev–Trinajstić information content (AvgIpc) is 2.71. The standard InChI is InChI=1S/C13H16BrFO2/c1-13(5-2-6-17-13)12(16)7-9-3-4-10(15)8-11(9)14/h3-4,8,12,16H,2,5-7H2,1H3. The second-order valence-electron chi connectivity index (χ2n) is 4.72. The van der Waals surface area contributed by atoms with Crippen LogP contribution in [0.1, 0.15) is 25.3 Å². The molecule has 1 aromatic carbocycles. The Balaban J connectivity index is 2.10. The van der Waals surface area contributed by atoms with Crippen LogP contribution in [0, 0.1) is 5.82 Å². The van der Waals surface area contributed by atoms with Crippen molar-refractivity contribution in [2.24, 2.45) is 0 Å². The average molecular weight is 303 g/mol. The van der Waals surface area contributed by atoms with E-state index in [-0.39, 0.29) is 5.82 Å². The molecule has 17 heavy (non-hydrogen) atoms. The van der Waals surface area contributed by atoms with E-state index in [0.29, 0.717) is 17.5 Å². The van der Waals surface area contributed by atoms with Crippen LogP contribution in [-0.2, 0) is 11.2 Å². The minimum Gasteiger partial charge on any atom is -0.390 e. The molecule has 0 radical (unpaired) electrons. The summed E-state index contributed by atoms with van der Waals surface area (Å²) in [6.07, 6.45) is 1.76. The Morgan fingerprint density at radius 2 is 2.35 bits per heavy atom. The fourth-order valence-corrected chi connectivity index (χ4v) is 2.69. The molecule has 1 aliphatic heterocycles. The number of hydrogen-bond acceptors (Lipinski definition) is 2. The molecule has 2 rings (SSSR count). The number of aliphatic hydroxyl groups excluding tert-OH is 1. The molecule has 1 fully saturated rings. The van der Waals surface area contributed by atoms with E-state index in [0.717, 1.165) is 18.4 Å². The molecule has 1 aromatic rings. The first-order valence-electron chi connectivity index (χ1n) is 5.77. The van der Waals surface area contributed by atoms with Crippen molar-refractivity contribution in [1.29, 1.82) is 0 Å². The third-order valence-electron chi connectivity index (χ3n) is 3.38. The zero-order chi connectivity index (χ0) is 12.5. The molecule has 1 heterocycles. The Bertz CT molecular complexity index is 402. The molecule has 0 aromatic heterocycles. The third kappa shape index (κ3) is 2.87. The highest BCUT2D eigenvalue weighted by Crippen LogP contribution is 2.31. The lowest BCUT2D eigenvalue weighted by Crippen LogP contribution is -2.40. The van der Waals surface area contributed by atoms with E-state index in [4.69, 9.17) is 4.74 Å². The maximum atomic E-state index is 12.9. The fourth-order valence-electron chi connectivity index (χ4n) is 2.17. The maximum absolute atomic E-state index is 12.9. The molecule has 0 saturated carbocycles. The highest BCUT2D eigenvalue weighted by molar-refractivity contribution is 9.10. The molecule has 2 unspecified atom stereocenters. The van der Waals surface area contributed by atoms with Gasteiger partial charge in [-0.25, -0.2) is 4.39 Å². The lowest BCUT2D eigenvalue weighted by atomic mass is 9.91. The minimum atomic E-state index is -0.563. The van der Waals surface area contributed by atoms with Gasteiger partial charge >= 0.3 is 0 Å². The predicted octanol–water partition coefficient (Wildman–Crippen LogP) is 3.06. The van der Waals surface area contributed by atoms with Crippen molar-refractivity contribution >= 4 is 15.9 Å². The number of benzene rings is 1. The summed E-state index contributed by atoms with van der Waals surface area (Å²) in [4.78, 5) is 0. The quantitative estimate of drug-likeness (QED) is 0.930. The van der Waals surface area contributed by atoms with Crippen LogP contribution in [0.15, 0.2) is 22.7 Å². The number of rotatable bonds is 3. The maximum Gasteiger partial charge on any atom is 0.124 e. The predicted molar refractivity (Wildman–Crippen MR) is 67.4 cm³/mol. The molecule has 0 aliphatic carbocycles. The second-order valence-corrected chi connectivity index (χ2v) is 5.57. The van der Waals surface area contributed by atoms with Crippen molar-refractivity contribution in [2.75, 3.05) is 6.61 Å². The van der Waals surface area contributed by atoms with Gasteiger partial charge < -0.3 is 9.84 Å². The van der Waals surface area contributed by atoms with Crippen molar-refractivity contribution in [3.05, 3.63) is 34.1 Å². The monoisotopic (exact) mass is 302 g/mol. The highest BCUT2D eigenvalue weighted by atomic mass is 79.9. The Labute approximate surface area is 109 Å². The van der Waals surface area contributed by atoms with Gasteiger partial charge in [-0.05, 0) is 37.5 Å². The zero-order valence-corrected chi connectivity index (χ0v) is 11.3. The molecule has 1 aliphatic rings. The molecular formula is C13H16BrFO2. The van der Waals surface area contributed by atoms with E-state index >= 15 is 0 Å². The van der Waals surface area contributed by atoms with Crippen LogP contribution in [0.2, 0.25) is 0 Å². The summed E-state index contributed by atoms with van der Waals surface area (Å²) in [5.74, 6) is -0.279. The van der Waals surface area contributed by atoms with E-state index in [2.05, 4.69) is 15.9 Å². The summed E-state index contributed by atoms with van der Waals surface area (Å²) in [7, 11) is 0. The summed E-state index contributed by atoms with van der Waals surface area (Å²) < 4.78 is 19.2. The van der Waals surface area contributed by atoms with E-state index < -0.39 is 11.7 Å². The van der Waals surface area contributed by atoms with Gasteiger partial charge in [0, 0.05) is 17.5 Å². The van der Waals surface area contributed by atoms with Crippen LogP contribution in [0.5, 0.6) is 0 Å². The molecule has 0 amide bonds. The van der Waals surface area contributed by atoms with Crippen LogP contribution in [0.3, 0.4) is 0 Å². The van der Waals surface area contributed by atoms with Crippen LogP contribution < -0.4 is 0 Å². The summed E-state index contributed by atoms with van der Waals surface area (Å²) in [6.45, 7) is 2.64. The molecule has 94 valence electrons. The lowest BCUT2D eigenvalue weighted by Gasteiger charge is -2.29. The molecule has 2 atom stereocenters. The van der Waals surface area contributed by atoms with Gasteiger partial charge in [-0.2, -0.15) is 0 Å². The summed E-state index contributed by atoms with van der Waals surface area (Å²) in [5.41, 5.74) is 0.434. The molecule has 0 bridgehead atoms. The van der Waals surface area contributed by atoms with Crippen molar-refractivity contribution in [3.63, 3.8) is 0 Å². The van der Waals surface area contributed by atoms with Gasteiger partial charge in [-0.15, -0.1) is 0 Å². The van der Waals surface area contributed by atoms with Gasteiger partial charge in [0.25, 0.3) is 0 Å². The number of ether oxygens (including phenoxy) is 1. The first-order chi connectivity index (χ1) is 8.01. The Morgan fingerprint density at radius 3 is 2.94 bits per heavy atom. The van der Waals surface area contributed by atoms with Gasteiger partial charge in [-0.1, -0.05) is 22.0 Å². The van der Waals surface area contributed by atoms with Crippen LogP contribution in [0.25, 0.3) is 0 Å². The van der Waals surface area contributed by atoms with E-state index in [1.165, 1.54) is 12.1 Å². The third-order valence-corrected chi connectivity index (χ3v) is 4.12. The van der Waals surface area contributed by atoms with Crippen molar-refractivity contribution in [2.45, 2.75) is 37.9 Å². The first kappa shape index (κ1) is 13.0. The second kappa shape index (κ2) is 5.04. The zero-order valence-electron chi connectivity index (χ0n) is 9.75. The summed E-state index contributed by atoms with van der Waals surface area (Å²) in [6, 6.07) is 4.52. The fraction of sp³-hybridized carbons (Fsp3) is 0.538. The molecular weight excluding hydrogens is 287 g/mol. The summed E-state index contributed by atoms with van der Waals surface area (Å²) >= 11 is 3.31. The lowest BCUT2D eigenvalue weighted by molar-refractivity contribution is -0.0768. The molecule has 1 saturated heterocycles. The van der Waals surface area contributed by atoms with Gasteiger partial charge in [0.15, 0.2) is 0 Å². The van der Waals surface area contributed by atoms with Crippen molar-refractivity contribution < 1.29 is 14.2 Å². The van der Waals surface area contributed by atoms with Crippen LogP contribution in [-0.4, -0.2) is 23.4 Å². The van der Waals surface area contributed by atoms with E-state index in [9.17, 15) is 9.50 Å². The molecule has 4 heteroatoms. The van der Waals surface area contributed by atoms with Crippen molar-refractivity contribution in [3.8, 4) is 0 Å². The molecule has 1 N–H and O–H groups in total. The van der Waals surface area contributed by atoms with Crippen LogP contribution >= 0.6 is 15.9 Å². The largest absolute Gasteiger partial charge is 0.390 e.